The highest BCUT2D eigenvalue weighted by atomic mass is 35.5. The lowest BCUT2D eigenvalue weighted by Crippen LogP contribution is -2.06. The molecule has 0 unspecified atom stereocenters. The van der Waals surface area contributed by atoms with Gasteiger partial charge in [0.25, 0.3) is 0 Å². The zero-order valence-electron chi connectivity index (χ0n) is 11.5. The van der Waals surface area contributed by atoms with E-state index < -0.39 is 0 Å². The minimum Gasteiger partial charge on any atom is -0.398 e. The van der Waals surface area contributed by atoms with Crippen LogP contribution in [0, 0.1) is 6.92 Å². The zero-order valence-corrected chi connectivity index (χ0v) is 12.2. The minimum absolute atomic E-state index is 0.538. The quantitative estimate of drug-likeness (QED) is 0.755. The Hall–Kier alpha value is -2.40. The number of hydrogen-bond acceptors (Lipinski definition) is 4. The SMILES string of the molecule is Cc1cccc(N)c1-c1nnnn1Cc1cccc(Cl)c1. The van der Waals surface area contributed by atoms with Crippen molar-refractivity contribution in [1.82, 2.24) is 20.2 Å². The molecular weight excluding hydrogens is 286 g/mol. The first-order chi connectivity index (χ1) is 10.1. The van der Waals surface area contributed by atoms with E-state index in [1.807, 2.05) is 49.4 Å². The second-order valence-electron chi connectivity index (χ2n) is 4.83. The molecule has 0 spiro atoms. The van der Waals surface area contributed by atoms with Gasteiger partial charge in [-0.25, -0.2) is 4.68 Å². The van der Waals surface area contributed by atoms with Gasteiger partial charge in [-0.15, -0.1) is 5.10 Å². The van der Waals surface area contributed by atoms with Crippen LogP contribution in [0.25, 0.3) is 11.4 Å². The summed E-state index contributed by atoms with van der Waals surface area (Å²) >= 11 is 6.01. The molecule has 0 aliphatic heterocycles. The first-order valence-electron chi connectivity index (χ1n) is 6.51. The van der Waals surface area contributed by atoms with Crippen LogP contribution >= 0.6 is 11.6 Å². The predicted molar refractivity (Wildman–Crippen MR) is 83.0 cm³/mol. The molecule has 0 fully saturated rings. The third-order valence-electron chi connectivity index (χ3n) is 3.28. The smallest absolute Gasteiger partial charge is 0.184 e. The second-order valence-corrected chi connectivity index (χ2v) is 5.27. The van der Waals surface area contributed by atoms with Crippen LogP contribution in [0.3, 0.4) is 0 Å². The maximum atomic E-state index is 6.07. The van der Waals surface area contributed by atoms with Crippen LogP contribution < -0.4 is 5.73 Å². The number of benzene rings is 2. The highest BCUT2D eigenvalue weighted by Gasteiger charge is 2.14. The van der Waals surface area contributed by atoms with Crippen molar-refractivity contribution < 1.29 is 0 Å². The topological polar surface area (TPSA) is 69.6 Å². The number of halogens is 1. The molecule has 2 aromatic carbocycles. The molecule has 3 aromatic rings. The molecule has 0 aliphatic carbocycles. The largest absolute Gasteiger partial charge is 0.398 e. The molecule has 5 nitrogen and oxygen atoms in total. The van der Waals surface area contributed by atoms with Crippen molar-refractivity contribution in [3.8, 4) is 11.4 Å². The van der Waals surface area contributed by atoms with Crippen LogP contribution in [0.5, 0.6) is 0 Å². The number of tetrazole rings is 1. The molecule has 0 saturated carbocycles. The van der Waals surface area contributed by atoms with Crippen LogP contribution in [0.2, 0.25) is 5.02 Å². The number of aromatic nitrogens is 4. The van der Waals surface area contributed by atoms with E-state index in [4.69, 9.17) is 17.3 Å². The summed E-state index contributed by atoms with van der Waals surface area (Å²) in [5.41, 5.74) is 9.67. The lowest BCUT2D eigenvalue weighted by Gasteiger charge is -2.09. The molecule has 0 saturated heterocycles. The molecule has 106 valence electrons. The summed E-state index contributed by atoms with van der Waals surface area (Å²) in [7, 11) is 0. The number of anilines is 1. The molecule has 3 rings (SSSR count). The van der Waals surface area contributed by atoms with Crippen LogP contribution in [0.4, 0.5) is 5.69 Å². The van der Waals surface area contributed by atoms with Gasteiger partial charge in [0, 0.05) is 16.3 Å². The maximum absolute atomic E-state index is 6.07. The van der Waals surface area contributed by atoms with E-state index in [1.165, 1.54) is 0 Å². The number of nitrogen functional groups attached to an aromatic ring is 1. The molecule has 21 heavy (non-hydrogen) atoms. The summed E-state index contributed by atoms with van der Waals surface area (Å²) in [6.07, 6.45) is 0. The van der Waals surface area contributed by atoms with Crippen molar-refractivity contribution in [1.29, 1.82) is 0 Å². The van der Waals surface area contributed by atoms with E-state index in [-0.39, 0.29) is 0 Å². The van der Waals surface area contributed by atoms with Crippen LogP contribution in [0.15, 0.2) is 42.5 Å². The molecule has 1 heterocycles. The van der Waals surface area contributed by atoms with Gasteiger partial charge in [0.2, 0.25) is 0 Å². The molecule has 0 atom stereocenters. The number of nitrogens with zero attached hydrogens (tertiary/aromatic N) is 4. The van der Waals surface area contributed by atoms with E-state index >= 15 is 0 Å². The first kappa shape index (κ1) is 13.6. The highest BCUT2D eigenvalue weighted by molar-refractivity contribution is 6.30. The monoisotopic (exact) mass is 299 g/mol. The Bertz CT molecular complexity index is 761. The second kappa shape index (κ2) is 5.54. The van der Waals surface area contributed by atoms with E-state index in [9.17, 15) is 0 Å². The molecule has 0 aliphatic rings. The normalized spacial score (nSPS) is 10.8. The summed E-state index contributed by atoms with van der Waals surface area (Å²) in [5.74, 6) is 0.658. The maximum Gasteiger partial charge on any atom is 0.184 e. The lowest BCUT2D eigenvalue weighted by atomic mass is 10.1. The van der Waals surface area contributed by atoms with Crippen molar-refractivity contribution in [2.75, 3.05) is 5.73 Å². The Balaban J connectivity index is 2.02. The van der Waals surface area contributed by atoms with Gasteiger partial charge in [0.05, 0.1) is 6.54 Å². The summed E-state index contributed by atoms with van der Waals surface area (Å²) in [6, 6.07) is 13.4. The van der Waals surface area contributed by atoms with E-state index in [2.05, 4.69) is 15.5 Å². The first-order valence-corrected chi connectivity index (χ1v) is 6.89. The third kappa shape index (κ3) is 2.73. The van der Waals surface area contributed by atoms with Crippen LogP contribution in [0.1, 0.15) is 11.1 Å². The molecule has 6 heteroatoms. The Morgan fingerprint density at radius 2 is 2.00 bits per heavy atom. The fourth-order valence-electron chi connectivity index (χ4n) is 2.29. The third-order valence-corrected chi connectivity index (χ3v) is 3.52. The minimum atomic E-state index is 0.538. The van der Waals surface area contributed by atoms with Gasteiger partial charge in [-0.3, -0.25) is 0 Å². The van der Waals surface area contributed by atoms with E-state index in [0.29, 0.717) is 23.1 Å². The standard InChI is InChI=1S/C15H14ClN5/c1-10-4-2-7-13(17)14(10)15-18-19-20-21(15)9-11-5-3-6-12(16)8-11/h2-8H,9,17H2,1H3. The number of hydrogen-bond donors (Lipinski definition) is 1. The molecule has 2 N–H and O–H groups in total. The average molecular weight is 300 g/mol. The Kier molecular flexibility index (Phi) is 3.58. The van der Waals surface area contributed by atoms with Gasteiger partial charge in [-0.05, 0) is 46.7 Å². The van der Waals surface area contributed by atoms with E-state index in [1.54, 1.807) is 4.68 Å². The van der Waals surface area contributed by atoms with Gasteiger partial charge in [-0.2, -0.15) is 0 Å². The van der Waals surface area contributed by atoms with Crippen LogP contribution in [-0.4, -0.2) is 20.2 Å². The van der Waals surface area contributed by atoms with Gasteiger partial charge in [0.15, 0.2) is 5.82 Å². The Morgan fingerprint density at radius 3 is 2.76 bits per heavy atom. The Morgan fingerprint density at radius 1 is 1.19 bits per heavy atom. The molecular formula is C15H14ClN5. The van der Waals surface area contributed by atoms with Gasteiger partial charge >= 0.3 is 0 Å². The number of aryl methyl sites for hydroxylation is 1. The summed E-state index contributed by atoms with van der Waals surface area (Å²) in [4.78, 5) is 0. The molecule has 0 bridgehead atoms. The van der Waals surface area contributed by atoms with Crippen molar-refractivity contribution in [3.63, 3.8) is 0 Å². The van der Waals surface area contributed by atoms with Gasteiger partial charge < -0.3 is 5.73 Å². The molecule has 1 aromatic heterocycles. The lowest BCUT2D eigenvalue weighted by molar-refractivity contribution is 0.653. The van der Waals surface area contributed by atoms with Crippen molar-refractivity contribution in [2.45, 2.75) is 13.5 Å². The van der Waals surface area contributed by atoms with Crippen LogP contribution in [-0.2, 0) is 6.54 Å². The number of rotatable bonds is 3. The fraction of sp³-hybridized carbons (Fsp3) is 0.133. The summed E-state index contributed by atoms with van der Waals surface area (Å²) < 4.78 is 1.73. The highest BCUT2D eigenvalue weighted by Crippen LogP contribution is 2.27. The summed E-state index contributed by atoms with van der Waals surface area (Å²) in [5, 5.41) is 12.6. The zero-order chi connectivity index (χ0) is 14.8. The van der Waals surface area contributed by atoms with Gasteiger partial charge in [-0.1, -0.05) is 35.9 Å². The molecule has 0 radical (unpaired) electrons. The molecule has 0 amide bonds. The summed E-state index contributed by atoms with van der Waals surface area (Å²) in [6.45, 7) is 2.53. The average Bonchev–Trinajstić information content (AvgIpc) is 2.87. The van der Waals surface area contributed by atoms with Crippen molar-refractivity contribution in [3.05, 3.63) is 58.6 Å². The van der Waals surface area contributed by atoms with Crippen molar-refractivity contribution in [2.24, 2.45) is 0 Å². The van der Waals surface area contributed by atoms with Crippen molar-refractivity contribution >= 4 is 17.3 Å². The van der Waals surface area contributed by atoms with E-state index in [0.717, 1.165) is 16.7 Å². The fourth-order valence-corrected chi connectivity index (χ4v) is 2.51. The number of nitrogens with two attached hydrogens (primary N) is 1. The van der Waals surface area contributed by atoms with Gasteiger partial charge in [0.1, 0.15) is 0 Å². The predicted octanol–water partition coefficient (Wildman–Crippen LogP) is 2.93. The Labute approximate surface area is 127 Å².